The summed E-state index contributed by atoms with van der Waals surface area (Å²) in [6.07, 6.45) is 10.4. The zero-order valence-electron chi connectivity index (χ0n) is 34.7. The summed E-state index contributed by atoms with van der Waals surface area (Å²) in [5.74, 6) is 0. The van der Waals surface area contributed by atoms with Gasteiger partial charge in [-0.15, -0.1) is 0 Å². The summed E-state index contributed by atoms with van der Waals surface area (Å²) in [5, 5.41) is 2.43. The Balaban J connectivity index is 1.08. The maximum absolute atomic E-state index is 5.27. The molecule has 62 heavy (non-hydrogen) atoms. The molecule has 7 aromatic carbocycles. The van der Waals surface area contributed by atoms with Gasteiger partial charge in [-0.3, -0.25) is 4.98 Å². The van der Waals surface area contributed by atoms with Crippen molar-refractivity contribution in [3.05, 3.63) is 247 Å². The van der Waals surface area contributed by atoms with Gasteiger partial charge in [0.15, 0.2) is 0 Å². The molecule has 3 heterocycles. The minimum atomic E-state index is -0.465. The lowest BCUT2D eigenvalue weighted by molar-refractivity contribution is 0.744. The van der Waals surface area contributed by atoms with E-state index in [1.165, 1.54) is 60.9 Å². The summed E-state index contributed by atoms with van der Waals surface area (Å²) in [5.41, 5.74) is 19.3. The molecule has 3 nitrogen and oxygen atoms in total. The fourth-order valence-corrected chi connectivity index (χ4v) is 9.96. The first kappa shape index (κ1) is 37.1. The van der Waals surface area contributed by atoms with Crippen molar-refractivity contribution in [2.75, 3.05) is 0 Å². The molecule has 0 spiro atoms. The first-order valence-corrected chi connectivity index (χ1v) is 21.3. The van der Waals surface area contributed by atoms with E-state index in [1.807, 2.05) is 12.4 Å². The monoisotopic (exact) mass is 793 g/mol. The number of hydrogen-bond acceptors (Lipinski definition) is 2. The Morgan fingerprint density at radius 1 is 0.500 bits per heavy atom. The number of hydrogen-bond donors (Lipinski definition) is 0. The fraction of sp³-hybridized carbons (Fsp3) is 0.0508. The highest BCUT2D eigenvalue weighted by Crippen LogP contribution is 2.58. The van der Waals surface area contributed by atoms with Crippen LogP contribution in [0.3, 0.4) is 0 Å². The van der Waals surface area contributed by atoms with Crippen LogP contribution in [0.1, 0.15) is 30.5 Å². The molecule has 0 saturated heterocycles. The Bertz CT molecular complexity index is 3300. The van der Waals surface area contributed by atoms with Crippen LogP contribution in [0.25, 0.3) is 83.4 Å². The van der Waals surface area contributed by atoms with Gasteiger partial charge in [0.05, 0.1) is 27.8 Å². The van der Waals surface area contributed by atoms with Crippen LogP contribution in [0.15, 0.2) is 230 Å². The Hall–Kier alpha value is -7.88. The van der Waals surface area contributed by atoms with Gasteiger partial charge >= 0.3 is 0 Å². The van der Waals surface area contributed by atoms with Crippen molar-refractivity contribution in [2.24, 2.45) is 0 Å². The highest BCUT2D eigenvalue weighted by molar-refractivity contribution is 6.11. The van der Waals surface area contributed by atoms with Crippen LogP contribution < -0.4 is 0 Å². The van der Waals surface area contributed by atoms with Crippen LogP contribution in [-0.4, -0.2) is 14.5 Å². The van der Waals surface area contributed by atoms with E-state index in [-0.39, 0.29) is 0 Å². The van der Waals surface area contributed by atoms with Crippen LogP contribution in [0.4, 0.5) is 0 Å². The minimum Gasteiger partial charge on any atom is -0.309 e. The van der Waals surface area contributed by atoms with Gasteiger partial charge in [-0.05, 0) is 119 Å². The van der Waals surface area contributed by atoms with Crippen molar-refractivity contribution in [2.45, 2.75) is 19.3 Å². The number of rotatable bonds is 8. The average molecular weight is 794 g/mol. The van der Waals surface area contributed by atoms with Crippen molar-refractivity contribution < 1.29 is 0 Å². The highest BCUT2D eigenvalue weighted by Gasteiger charge is 2.46. The second kappa shape index (κ2) is 15.3. The van der Waals surface area contributed by atoms with Crippen molar-refractivity contribution in [3.63, 3.8) is 0 Å². The van der Waals surface area contributed by atoms with E-state index in [0.717, 1.165) is 44.8 Å². The van der Waals surface area contributed by atoms with Crippen molar-refractivity contribution >= 4 is 21.8 Å². The van der Waals surface area contributed by atoms with E-state index in [2.05, 4.69) is 236 Å². The van der Waals surface area contributed by atoms with Gasteiger partial charge in [-0.25, -0.2) is 4.98 Å². The molecule has 0 saturated carbocycles. The summed E-state index contributed by atoms with van der Waals surface area (Å²) in [6, 6.07) is 70.3. The van der Waals surface area contributed by atoms with E-state index in [0.29, 0.717) is 0 Å². The fourth-order valence-electron chi connectivity index (χ4n) is 9.96. The quantitative estimate of drug-likeness (QED) is 0.143. The first-order chi connectivity index (χ1) is 30.6. The normalized spacial score (nSPS) is 14.7. The molecule has 0 N–H and O–H groups in total. The molecule has 1 aliphatic carbocycles. The summed E-state index contributed by atoms with van der Waals surface area (Å²) >= 11 is 0. The molecule has 0 radical (unpaired) electrons. The van der Waals surface area contributed by atoms with E-state index < -0.39 is 5.41 Å². The van der Waals surface area contributed by atoms with Gasteiger partial charge in [-0.2, -0.15) is 0 Å². The number of pyridine rings is 2. The van der Waals surface area contributed by atoms with Crippen LogP contribution in [0.2, 0.25) is 0 Å². The molecule has 294 valence electrons. The van der Waals surface area contributed by atoms with E-state index in [9.17, 15) is 0 Å². The lowest BCUT2D eigenvalue weighted by Crippen LogP contribution is -2.28. The summed E-state index contributed by atoms with van der Waals surface area (Å²) in [4.78, 5) is 9.71. The molecule has 0 bridgehead atoms. The Morgan fingerprint density at radius 3 is 1.95 bits per heavy atom. The third-order valence-corrected chi connectivity index (χ3v) is 12.7. The van der Waals surface area contributed by atoms with Gasteiger partial charge in [0, 0.05) is 40.0 Å². The standard InChI is InChI=1S/C59H43N3/c1-3-4-17-40(2)59(46-32-34-60-35-33-46)52-27-13-11-25-50(52)58-48(26-16-28-53(58)59)43-30-31-57-51(37-43)49-24-12-14-29-56(49)62(57)47-23-15-22-44(36-47)55-39-45(41-18-7-5-8-19-41)38-54(61-55)42-20-9-6-10-21-42/h3-39H,1-2H3/b4-3-,40-17+. The highest BCUT2D eigenvalue weighted by atomic mass is 15.0. The number of aromatic nitrogens is 3. The first-order valence-electron chi connectivity index (χ1n) is 21.3. The smallest absolute Gasteiger partial charge is 0.0716 e. The van der Waals surface area contributed by atoms with Crippen LogP contribution in [-0.2, 0) is 5.41 Å². The largest absolute Gasteiger partial charge is 0.309 e. The van der Waals surface area contributed by atoms with E-state index in [1.54, 1.807) is 0 Å². The predicted octanol–water partition coefficient (Wildman–Crippen LogP) is 15.1. The van der Waals surface area contributed by atoms with Gasteiger partial charge < -0.3 is 4.57 Å². The second-order valence-electron chi connectivity index (χ2n) is 16.1. The maximum atomic E-state index is 5.27. The molecule has 0 aliphatic heterocycles. The number of nitrogens with zero attached hydrogens (tertiary/aromatic N) is 3. The third kappa shape index (κ3) is 5.96. The lowest BCUT2D eigenvalue weighted by atomic mass is 9.67. The number of allylic oxidation sites excluding steroid dienone is 4. The zero-order valence-corrected chi connectivity index (χ0v) is 34.7. The Kier molecular flexibility index (Phi) is 9.17. The summed E-state index contributed by atoms with van der Waals surface area (Å²) < 4.78 is 2.41. The van der Waals surface area contributed by atoms with E-state index in [4.69, 9.17) is 4.98 Å². The number of fused-ring (bicyclic) bond motifs is 6. The molecule has 3 heteroatoms. The third-order valence-electron chi connectivity index (χ3n) is 12.7. The van der Waals surface area contributed by atoms with Gasteiger partial charge in [-0.1, -0.05) is 163 Å². The minimum absolute atomic E-state index is 0.465. The number of para-hydroxylation sites is 1. The van der Waals surface area contributed by atoms with Crippen LogP contribution >= 0.6 is 0 Å². The molecule has 1 unspecified atom stereocenters. The molecule has 1 aliphatic rings. The molecular formula is C59H43N3. The summed E-state index contributed by atoms with van der Waals surface area (Å²) in [6.45, 7) is 4.35. The Morgan fingerprint density at radius 2 is 1.15 bits per heavy atom. The molecule has 11 rings (SSSR count). The van der Waals surface area contributed by atoms with Gasteiger partial charge in [0.25, 0.3) is 0 Å². The topological polar surface area (TPSA) is 30.7 Å². The molecule has 0 fully saturated rings. The molecule has 0 amide bonds. The molecule has 1 atom stereocenters. The molecule has 10 aromatic rings. The van der Waals surface area contributed by atoms with E-state index >= 15 is 0 Å². The average Bonchev–Trinajstić information content (AvgIpc) is 3.85. The Labute approximate surface area is 362 Å². The van der Waals surface area contributed by atoms with Crippen LogP contribution in [0, 0.1) is 0 Å². The zero-order chi connectivity index (χ0) is 41.6. The van der Waals surface area contributed by atoms with Gasteiger partial charge in [0.2, 0.25) is 0 Å². The summed E-state index contributed by atoms with van der Waals surface area (Å²) in [7, 11) is 0. The van der Waals surface area contributed by atoms with Crippen molar-refractivity contribution in [3.8, 4) is 61.6 Å². The van der Waals surface area contributed by atoms with Crippen molar-refractivity contribution in [1.29, 1.82) is 0 Å². The number of benzene rings is 7. The lowest BCUT2D eigenvalue weighted by Gasteiger charge is -2.34. The van der Waals surface area contributed by atoms with Crippen molar-refractivity contribution in [1.82, 2.24) is 14.5 Å². The second-order valence-corrected chi connectivity index (χ2v) is 16.1. The van der Waals surface area contributed by atoms with Gasteiger partial charge in [0.1, 0.15) is 0 Å². The SMILES string of the molecule is C/C=C\C=C(/C)C1(c2ccncc2)c2ccccc2-c2c(-c3ccc4c(c3)c3ccccc3n4-c3cccc(-c4cc(-c5ccccc5)cc(-c5ccccc5)n4)c3)cccc21. The van der Waals surface area contributed by atoms with Crippen LogP contribution in [0.5, 0.6) is 0 Å². The predicted molar refractivity (Wildman–Crippen MR) is 258 cm³/mol. The molecular weight excluding hydrogens is 751 g/mol. The molecule has 3 aromatic heterocycles. The maximum Gasteiger partial charge on any atom is 0.0716 e.